The molecule has 0 radical (unpaired) electrons. The van der Waals surface area contributed by atoms with E-state index in [-0.39, 0.29) is 24.8 Å². The van der Waals surface area contributed by atoms with Crippen LogP contribution in [0.2, 0.25) is 0 Å². The van der Waals surface area contributed by atoms with Crippen molar-refractivity contribution in [1.82, 2.24) is 41.2 Å². The molecule has 0 aliphatic carbocycles. The number of carboxylic acids is 1. The number of rotatable bonds is 11. The number of hydrogen-bond donors (Lipinski definition) is 7. The predicted octanol–water partition coefficient (Wildman–Crippen LogP) is -1.77. The first-order valence-corrected chi connectivity index (χ1v) is 10.6. The lowest BCUT2D eigenvalue weighted by Gasteiger charge is -2.23. The molecule has 3 rings (SSSR count). The smallest absolute Gasteiger partial charge is 0.326 e. The number of hydrogen-bond acceptors (Lipinski definition) is 7. The summed E-state index contributed by atoms with van der Waals surface area (Å²) in [6, 6.07) is -3.56. The second-order valence-electron chi connectivity index (χ2n) is 7.90. The number of imidazole rings is 2. The largest absolute Gasteiger partial charge is 0.480 e. The molecular formula is C20H28N8O5. The molecule has 33 heavy (non-hydrogen) atoms. The molecule has 4 unspecified atom stereocenters. The minimum absolute atomic E-state index is 0.00857. The zero-order valence-corrected chi connectivity index (χ0v) is 18.1. The first-order chi connectivity index (χ1) is 15.8. The molecule has 13 heteroatoms. The Balaban J connectivity index is 1.60. The van der Waals surface area contributed by atoms with E-state index in [0.29, 0.717) is 17.8 Å². The van der Waals surface area contributed by atoms with Gasteiger partial charge in [0.1, 0.15) is 18.1 Å². The van der Waals surface area contributed by atoms with Crippen LogP contribution in [-0.4, -0.2) is 79.4 Å². The van der Waals surface area contributed by atoms with Crippen LogP contribution in [0.5, 0.6) is 0 Å². The summed E-state index contributed by atoms with van der Waals surface area (Å²) in [6.07, 6.45) is 7.59. The van der Waals surface area contributed by atoms with E-state index in [2.05, 4.69) is 41.2 Å². The van der Waals surface area contributed by atoms with Crippen LogP contribution in [0.15, 0.2) is 25.0 Å². The Bertz CT molecular complexity index is 940. The van der Waals surface area contributed by atoms with Crippen molar-refractivity contribution in [3.05, 3.63) is 36.4 Å². The molecular weight excluding hydrogens is 432 g/mol. The normalized spacial score (nSPS) is 18.2. The van der Waals surface area contributed by atoms with Crippen molar-refractivity contribution in [1.29, 1.82) is 0 Å². The van der Waals surface area contributed by atoms with Gasteiger partial charge in [0.2, 0.25) is 17.7 Å². The van der Waals surface area contributed by atoms with Gasteiger partial charge in [-0.2, -0.15) is 0 Å². The van der Waals surface area contributed by atoms with Crippen molar-refractivity contribution in [2.45, 2.75) is 56.8 Å². The van der Waals surface area contributed by atoms with E-state index in [4.69, 9.17) is 0 Å². The minimum atomic E-state index is -1.22. The molecule has 3 amide bonds. The van der Waals surface area contributed by atoms with Gasteiger partial charge < -0.3 is 36.3 Å². The van der Waals surface area contributed by atoms with E-state index >= 15 is 0 Å². The average molecular weight is 460 g/mol. The van der Waals surface area contributed by atoms with Gasteiger partial charge in [-0.05, 0) is 26.3 Å². The topological polar surface area (TPSA) is 194 Å². The van der Waals surface area contributed by atoms with Crippen LogP contribution < -0.4 is 21.3 Å². The van der Waals surface area contributed by atoms with Gasteiger partial charge in [-0.3, -0.25) is 14.4 Å². The van der Waals surface area contributed by atoms with Gasteiger partial charge in [-0.15, -0.1) is 0 Å². The highest BCUT2D eigenvalue weighted by atomic mass is 16.4. The van der Waals surface area contributed by atoms with E-state index in [0.717, 1.165) is 13.0 Å². The van der Waals surface area contributed by atoms with Gasteiger partial charge in [0.05, 0.1) is 18.7 Å². The van der Waals surface area contributed by atoms with Crippen LogP contribution in [0.1, 0.15) is 31.2 Å². The first-order valence-electron chi connectivity index (χ1n) is 10.6. The Hall–Kier alpha value is -3.74. The number of nitrogens with one attached hydrogen (secondary N) is 6. The number of carboxylic acid groups (broad SMARTS) is 1. The van der Waals surface area contributed by atoms with Crippen LogP contribution >= 0.6 is 0 Å². The molecule has 13 nitrogen and oxygen atoms in total. The molecule has 0 spiro atoms. The van der Waals surface area contributed by atoms with Crippen molar-refractivity contribution in [2.24, 2.45) is 0 Å². The fourth-order valence-corrected chi connectivity index (χ4v) is 3.50. The number of carbonyl (C=O) groups is 4. The highest BCUT2D eigenvalue weighted by Crippen LogP contribution is 2.07. The molecule has 0 bridgehead atoms. The summed E-state index contributed by atoms with van der Waals surface area (Å²) in [4.78, 5) is 63.0. The fourth-order valence-electron chi connectivity index (χ4n) is 3.50. The molecule has 0 aromatic carbocycles. The highest BCUT2D eigenvalue weighted by molar-refractivity contribution is 5.94. The van der Waals surface area contributed by atoms with E-state index in [1.54, 1.807) is 6.20 Å². The van der Waals surface area contributed by atoms with Crippen LogP contribution in [0.25, 0.3) is 0 Å². The minimum Gasteiger partial charge on any atom is -0.480 e. The Morgan fingerprint density at radius 3 is 2.15 bits per heavy atom. The van der Waals surface area contributed by atoms with Gasteiger partial charge >= 0.3 is 5.97 Å². The lowest BCUT2D eigenvalue weighted by molar-refractivity contribution is -0.142. The number of amides is 3. The van der Waals surface area contributed by atoms with E-state index in [1.165, 1.54) is 25.8 Å². The summed E-state index contributed by atoms with van der Waals surface area (Å²) in [5.41, 5.74) is 1.18. The number of aromatic nitrogens is 4. The highest BCUT2D eigenvalue weighted by Gasteiger charge is 2.30. The van der Waals surface area contributed by atoms with E-state index in [1.807, 2.05) is 0 Å². The molecule has 0 saturated carbocycles. The number of aliphatic carboxylic acids is 1. The quantitative estimate of drug-likeness (QED) is 0.205. The molecule has 3 heterocycles. The third kappa shape index (κ3) is 6.87. The molecule has 2 aromatic heterocycles. The molecule has 1 fully saturated rings. The van der Waals surface area contributed by atoms with Crippen molar-refractivity contribution in [2.75, 3.05) is 6.54 Å². The van der Waals surface area contributed by atoms with Crippen LogP contribution in [0.3, 0.4) is 0 Å². The number of H-pyrrole nitrogens is 2. The zero-order valence-electron chi connectivity index (χ0n) is 18.1. The Morgan fingerprint density at radius 1 is 1.00 bits per heavy atom. The SMILES string of the molecule is CC(NC(=O)C(Cc1cnc[nH]1)NC(=O)C1CCCN1)C(=O)NC(Cc1cnc[nH]1)C(=O)O. The molecule has 1 aliphatic heterocycles. The summed E-state index contributed by atoms with van der Waals surface area (Å²) in [5.74, 6) is -2.75. The van der Waals surface area contributed by atoms with Crippen molar-refractivity contribution in [3.8, 4) is 0 Å². The van der Waals surface area contributed by atoms with Gasteiger partial charge in [-0.25, -0.2) is 14.8 Å². The standard InChI is InChI=1S/C20H28N8O5/c1-11(17(29)28-16(20(32)33)6-13-8-22-10-25-13)26-19(31)15(5-12-7-21-9-24-12)27-18(30)14-3-2-4-23-14/h7-11,14-16,23H,2-6H2,1H3,(H,21,24)(H,22,25)(H,26,31)(H,27,30)(H,28,29)(H,32,33). The fraction of sp³-hybridized carbons (Fsp3) is 0.500. The third-order valence-corrected chi connectivity index (χ3v) is 5.33. The zero-order chi connectivity index (χ0) is 23.8. The van der Waals surface area contributed by atoms with Crippen LogP contribution in [-0.2, 0) is 32.0 Å². The molecule has 2 aromatic rings. The van der Waals surface area contributed by atoms with Crippen LogP contribution in [0.4, 0.5) is 0 Å². The number of carbonyl (C=O) groups excluding carboxylic acids is 3. The summed E-state index contributed by atoms with van der Waals surface area (Å²) in [5, 5.41) is 20.2. The van der Waals surface area contributed by atoms with Crippen molar-refractivity contribution in [3.63, 3.8) is 0 Å². The van der Waals surface area contributed by atoms with Gasteiger partial charge in [-0.1, -0.05) is 0 Å². The summed E-state index contributed by atoms with van der Waals surface area (Å²) < 4.78 is 0. The van der Waals surface area contributed by atoms with E-state index < -0.39 is 35.9 Å². The second kappa shape index (κ2) is 11.2. The third-order valence-electron chi connectivity index (χ3n) is 5.33. The van der Waals surface area contributed by atoms with Gasteiger partial charge in [0.15, 0.2) is 0 Å². The van der Waals surface area contributed by atoms with Gasteiger partial charge in [0, 0.05) is 36.6 Å². The average Bonchev–Trinajstić information content (AvgIpc) is 3.56. The van der Waals surface area contributed by atoms with Crippen molar-refractivity contribution < 1.29 is 24.3 Å². The molecule has 1 saturated heterocycles. The number of aromatic amines is 2. The van der Waals surface area contributed by atoms with Crippen molar-refractivity contribution >= 4 is 23.7 Å². The lowest BCUT2D eigenvalue weighted by Crippen LogP contribution is -2.57. The summed E-state index contributed by atoms with van der Waals surface area (Å²) in [6.45, 7) is 2.17. The maximum Gasteiger partial charge on any atom is 0.326 e. The van der Waals surface area contributed by atoms with Crippen LogP contribution in [0, 0.1) is 0 Å². The summed E-state index contributed by atoms with van der Waals surface area (Å²) >= 11 is 0. The summed E-state index contributed by atoms with van der Waals surface area (Å²) in [7, 11) is 0. The van der Waals surface area contributed by atoms with Gasteiger partial charge in [0.25, 0.3) is 0 Å². The number of nitrogens with zero attached hydrogens (tertiary/aromatic N) is 2. The first kappa shape index (κ1) is 23.9. The van der Waals surface area contributed by atoms with E-state index in [9.17, 15) is 24.3 Å². The lowest BCUT2D eigenvalue weighted by atomic mass is 10.1. The Morgan fingerprint density at radius 2 is 1.64 bits per heavy atom. The molecule has 4 atom stereocenters. The molecule has 178 valence electrons. The Kier molecular flexibility index (Phi) is 8.13. The maximum absolute atomic E-state index is 12.9. The monoisotopic (exact) mass is 460 g/mol. The molecule has 1 aliphatic rings. The predicted molar refractivity (Wildman–Crippen MR) is 115 cm³/mol. The second-order valence-corrected chi connectivity index (χ2v) is 7.90. The Labute approximate surface area is 189 Å². The maximum atomic E-state index is 12.9. The molecule has 7 N–H and O–H groups in total.